The number of H-pyrrole nitrogens is 1. The van der Waals surface area contributed by atoms with Crippen LogP contribution in [0.5, 0.6) is 0 Å². The van der Waals surface area contributed by atoms with Crippen molar-refractivity contribution < 1.29 is 22.7 Å². The number of imidazole rings is 1. The van der Waals surface area contributed by atoms with Crippen molar-refractivity contribution in [1.82, 2.24) is 25.1 Å². The van der Waals surface area contributed by atoms with Crippen LogP contribution in [-0.2, 0) is 11.3 Å². The molecule has 2 heterocycles. The van der Waals surface area contributed by atoms with E-state index in [4.69, 9.17) is 4.74 Å². The monoisotopic (exact) mass is 387 g/mol. The Morgan fingerprint density at radius 3 is 2.70 bits per heavy atom. The first kappa shape index (κ1) is 20.9. The molecule has 2 aromatic heterocycles. The molecule has 10 heteroatoms. The van der Waals surface area contributed by atoms with Crippen molar-refractivity contribution in [1.29, 1.82) is 0 Å². The summed E-state index contributed by atoms with van der Waals surface area (Å²) in [5.74, 6) is -3.51. The first-order valence-electron chi connectivity index (χ1n) is 8.53. The van der Waals surface area contributed by atoms with Crippen molar-refractivity contribution >= 4 is 5.91 Å². The molecule has 7 nitrogen and oxygen atoms in total. The highest BCUT2D eigenvalue weighted by Gasteiger charge is 2.48. The van der Waals surface area contributed by atoms with Crippen LogP contribution >= 0.6 is 0 Å². The number of carbonyl (C=O) groups is 1. The summed E-state index contributed by atoms with van der Waals surface area (Å²) in [5, 5.41) is 6.76. The number of ether oxygens (including phenoxy) is 1. The number of hydrogen-bond donors (Lipinski definition) is 2. The van der Waals surface area contributed by atoms with Gasteiger partial charge in [-0.3, -0.25) is 9.48 Å². The van der Waals surface area contributed by atoms with E-state index in [9.17, 15) is 18.0 Å². The lowest BCUT2D eigenvalue weighted by Crippen LogP contribution is -2.48. The Hall–Kier alpha value is -2.36. The average molecular weight is 387 g/mol. The molecular weight excluding hydrogens is 363 g/mol. The average Bonchev–Trinajstić information content (AvgIpc) is 3.26. The smallest absolute Gasteiger partial charge is 0.303 e. The molecule has 1 atom stereocenters. The van der Waals surface area contributed by atoms with Gasteiger partial charge in [0.1, 0.15) is 17.1 Å². The van der Waals surface area contributed by atoms with E-state index in [1.54, 1.807) is 13.0 Å². The minimum Gasteiger partial charge on any atom is -0.367 e. The van der Waals surface area contributed by atoms with Crippen LogP contribution in [0.15, 0.2) is 18.5 Å². The molecule has 0 aliphatic carbocycles. The van der Waals surface area contributed by atoms with E-state index >= 15 is 0 Å². The topological polar surface area (TPSA) is 84.8 Å². The van der Waals surface area contributed by atoms with Crippen molar-refractivity contribution in [2.24, 2.45) is 0 Å². The van der Waals surface area contributed by atoms with E-state index in [1.165, 1.54) is 17.1 Å². The van der Waals surface area contributed by atoms with Gasteiger partial charge in [-0.2, -0.15) is 5.10 Å². The van der Waals surface area contributed by atoms with E-state index in [0.717, 1.165) is 13.8 Å². The van der Waals surface area contributed by atoms with Crippen molar-refractivity contribution in [2.75, 3.05) is 13.3 Å². The Morgan fingerprint density at radius 2 is 2.15 bits per heavy atom. The van der Waals surface area contributed by atoms with Gasteiger partial charge in [-0.15, -0.1) is 0 Å². The van der Waals surface area contributed by atoms with Crippen LogP contribution in [0.25, 0.3) is 0 Å². The van der Waals surface area contributed by atoms with Crippen LogP contribution in [0, 0.1) is 6.92 Å². The zero-order valence-corrected chi connectivity index (χ0v) is 15.7. The first-order chi connectivity index (χ1) is 12.6. The number of hydrogen-bond acceptors (Lipinski definition) is 4. The lowest BCUT2D eigenvalue weighted by atomic mass is 10.0. The van der Waals surface area contributed by atoms with Gasteiger partial charge in [0.05, 0.1) is 24.5 Å². The second-order valence-electron chi connectivity index (χ2n) is 6.64. The standard InChI is InChI=1S/C17H24F3N5O2/c1-5-25-14(6-7-22-25)15(26)24-13(12-8-21-11(2)23-12)9-27-16(3,4)17(19,20)10-18/h6-8,13H,5,9-10H2,1-4H3,(H,21,23)(H,24,26). The lowest BCUT2D eigenvalue weighted by Gasteiger charge is -2.33. The zero-order chi connectivity index (χ0) is 20.2. The van der Waals surface area contributed by atoms with Gasteiger partial charge in [-0.05, 0) is 33.8 Å². The number of alkyl halides is 3. The number of halogens is 3. The van der Waals surface area contributed by atoms with Gasteiger partial charge in [-0.25, -0.2) is 18.2 Å². The third kappa shape index (κ3) is 4.68. The Labute approximate surface area is 155 Å². The summed E-state index contributed by atoms with van der Waals surface area (Å²) in [6.45, 7) is 4.13. The number of aromatic amines is 1. The molecule has 1 amide bonds. The molecule has 1 unspecified atom stereocenters. The SMILES string of the molecule is CCn1nccc1C(=O)NC(COC(C)(C)C(F)(F)CF)c1cnc(C)[nH]1. The van der Waals surface area contributed by atoms with Crippen LogP contribution in [0.4, 0.5) is 13.2 Å². The van der Waals surface area contributed by atoms with Gasteiger partial charge in [0.15, 0.2) is 6.67 Å². The van der Waals surface area contributed by atoms with Gasteiger partial charge in [0.25, 0.3) is 5.91 Å². The predicted molar refractivity (Wildman–Crippen MR) is 92.4 cm³/mol. The van der Waals surface area contributed by atoms with Crippen LogP contribution in [0.1, 0.15) is 48.8 Å². The number of rotatable bonds is 9. The quantitative estimate of drug-likeness (QED) is 0.693. The molecule has 0 aliphatic rings. The highest BCUT2D eigenvalue weighted by molar-refractivity contribution is 5.92. The highest BCUT2D eigenvalue weighted by Crippen LogP contribution is 2.33. The van der Waals surface area contributed by atoms with Crippen molar-refractivity contribution in [3.8, 4) is 0 Å². The summed E-state index contributed by atoms with van der Waals surface area (Å²) in [7, 11) is 0. The number of aryl methyl sites for hydroxylation is 2. The minimum absolute atomic E-state index is 0.295. The van der Waals surface area contributed by atoms with Crippen LogP contribution in [0.2, 0.25) is 0 Å². The van der Waals surface area contributed by atoms with E-state index in [2.05, 4.69) is 20.4 Å². The van der Waals surface area contributed by atoms with Gasteiger partial charge in [-0.1, -0.05) is 0 Å². The molecule has 2 N–H and O–H groups in total. The zero-order valence-electron chi connectivity index (χ0n) is 15.7. The van der Waals surface area contributed by atoms with Crippen LogP contribution < -0.4 is 5.32 Å². The molecule has 0 bridgehead atoms. The van der Waals surface area contributed by atoms with E-state index < -0.39 is 30.1 Å². The number of nitrogens with zero attached hydrogens (tertiary/aromatic N) is 3. The molecule has 2 aromatic rings. The Balaban J connectivity index is 2.19. The fourth-order valence-corrected chi connectivity index (χ4v) is 2.39. The second-order valence-corrected chi connectivity index (χ2v) is 6.64. The molecule has 2 rings (SSSR count). The van der Waals surface area contributed by atoms with E-state index in [0.29, 0.717) is 23.8 Å². The second kappa shape index (κ2) is 8.12. The summed E-state index contributed by atoms with van der Waals surface area (Å²) >= 11 is 0. The van der Waals surface area contributed by atoms with Crippen LogP contribution in [0.3, 0.4) is 0 Å². The number of carbonyl (C=O) groups excluding carboxylic acids is 1. The van der Waals surface area contributed by atoms with Gasteiger partial charge >= 0.3 is 5.92 Å². The summed E-state index contributed by atoms with van der Waals surface area (Å²) in [6, 6.07) is 0.768. The molecule has 0 spiro atoms. The fourth-order valence-electron chi connectivity index (χ4n) is 2.39. The third-order valence-electron chi connectivity index (χ3n) is 4.31. The maximum absolute atomic E-state index is 13.8. The van der Waals surface area contributed by atoms with Crippen molar-refractivity contribution in [3.05, 3.63) is 35.7 Å². The molecule has 27 heavy (non-hydrogen) atoms. The maximum atomic E-state index is 13.8. The Morgan fingerprint density at radius 1 is 1.44 bits per heavy atom. The molecule has 0 saturated carbocycles. The molecule has 0 aliphatic heterocycles. The summed E-state index contributed by atoms with van der Waals surface area (Å²) in [6.07, 6.45) is 2.98. The largest absolute Gasteiger partial charge is 0.367 e. The molecule has 0 radical (unpaired) electrons. The van der Waals surface area contributed by atoms with E-state index in [-0.39, 0.29) is 6.61 Å². The summed E-state index contributed by atoms with van der Waals surface area (Å²) in [5.41, 5.74) is -1.24. The first-order valence-corrected chi connectivity index (χ1v) is 8.53. The Kier molecular flexibility index (Phi) is 6.30. The summed E-state index contributed by atoms with van der Waals surface area (Å²) in [4.78, 5) is 19.6. The van der Waals surface area contributed by atoms with Crippen molar-refractivity contribution in [2.45, 2.75) is 51.8 Å². The maximum Gasteiger partial charge on any atom is 0.303 e. The predicted octanol–water partition coefficient (Wildman–Crippen LogP) is 2.81. The molecule has 0 aromatic carbocycles. The van der Waals surface area contributed by atoms with Gasteiger partial charge < -0.3 is 15.0 Å². The molecule has 0 fully saturated rings. The highest BCUT2D eigenvalue weighted by atomic mass is 19.3. The van der Waals surface area contributed by atoms with E-state index in [1.807, 2.05) is 6.92 Å². The van der Waals surface area contributed by atoms with Crippen molar-refractivity contribution in [3.63, 3.8) is 0 Å². The minimum atomic E-state index is -3.66. The molecule has 150 valence electrons. The Bertz CT molecular complexity index is 772. The summed E-state index contributed by atoms with van der Waals surface area (Å²) < 4.78 is 47.0. The number of amides is 1. The van der Waals surface area contributed by atoms with Crippen LogP contribution in [-0.4, -0.2) is 50.5 Å². The fraction of sp³-hybridized carbons (Fsp3) is 0.588. The number of nitrogens with one attached hydrogen (secondary N) is 2. The van der Waals surface area contributed by atoms with Gasteiger partial charge in [0, 0.05) is 12.7 Å². The normalized spacial score (nSPS) is 13.6. The lowest BCUT2D eigenvalue weighted by molar-refractivity contribution is -0.200. The molecular formula is C17H24F3N5O2. The third-order valence-corrected chi connectivity index (χ3v) is 4.31. The van der Waals surface area contributed by atoms with Gasteiger partial charge in [0.2, 0.25) is 0 Å². The number of aromatic nitrogens is 4. The molecule has 0 saturated heterocycles.